The van der Waals surface area contributed by atoms with Crippen molar-refractivity contribution in [3.63, 3.8) is 0 Å². The van der Waals surface area contributed by atoms with Gasteiger partial charge in [-0.1, -0.05) is 48.5 Å². The van der Waals surface area contributed by atoms with Gasteiger partial charge in [-0.25, -0.2) is 4.98 Å². The van der Waals surface area contributed by atoms with E-state index in [0.717, 1.165) is 43.7 Å². The minimum Gasteiger partial charge on any atom is -0.310 e. The van der Waals surface area contributed by atoms with Gasteiger partial charge in [-0.2, -0.15) is 0 Å². The number of fused-ring (bicyclic) bond motifs is 1. The number of aryl methyl sites for hydroxylation is 1. The van der Waals surface area contributed by atoms with Crippen LogP contribution in [0.5, 0.6) is 0 Å². The maximum atomic E-state index is 12.2. The van der Waals surface area contributed by atoms with Crippen LogP contribution in [-0.4, -0.2) is 34.0 Å². The molecule has 2 heterocycles. The fourth-order valence-electron chi connectivity index (χ4n) is 3.78. The summed E-state index contributed by atoms with van der Waals surface area (Å²) in [7, 11) is 0. The van der Waals surface area contributed by atoms with Crippen LogP contribution in [0, 0.1) is 0 Å². The average Bonchev–Trinajstić information content (AvgIpc) is 2.73. The second kappa shape index (κ2) is 7.89. The molecule has 1 unspecified atom stereocenters. The first-order chi connectivity index (χ1) is 13.2. The summed E-state index contributed by atoms with van der Waals surface area (Å²) in [5, 5.41) is 0.656. The number of H-pyrrole nitrogens is 1. The van der Waals surface area contributed by atoms with Gasteiger partial charge in [-0.15, -0.1) is 0 Å². The molecule has 0 amide bonds. The fourth-order valence-corrected chi connectivity index (χ4v) is 3.78. The van der Waals surface area contributed by atoms with E-state index in [9.17, 15) is 4.79 Å². The second-order valence-corrected chi connectivity index (χ2v) is 7.26. The highest BCUT2D eigenvalue weighted by atomic mass is 16.1. The molecule has 0 bridgehead atoms. The van der Waals surface area contributed by atoms with Gasteiger partial charge in [-0.3, -0.25) is 9.69 Å². The number of aromatic amines is 1. The van der Waals surface area contributed by atoms with E-state index in [4.69, 9.17) is 0 Å². The van der Waals surface area contributed by atoms with Crippen LogP contribution in [0.4, 0.5) is 0 Å². The van der Waals surface area contributed by atoms with E-state index >= 15 is 0 Å². The molecule has 2 aromatic carbocycles. The van der Waals surface area contributed by atoms with E-state index in [1.165, 1.54) is 11.1 Å². The average molecular weight is 359 g/mol. The maximum absolute atomic E-state index is 12.2. The van der Waals surface area contributed by atoms with Crippen LogP contribution in [-0.2, 0) is 6.42 Å². The first kappa shape index (κ1) is 17.7. The summed E-state index contributed by atoms with van der Waals surface area (Å²) in [6.07, 6.45) is 5.20. The Kier molecular flexibility index (Phi) is 5.16. The number of para-hydroxylation sites is 1. The Hall–Kier alpha value is -2.72. The molecule has 0 saturated carbocycles. The van der Waals surface area contributed by atoms with Gasteiger partial charge in [0.25, 0.3) is 5.56 Å². The molecular formula is C23H25N3O. The van der Waals surface area contributed by atoms with Crippen molar-refractivity contribution in [2.24, 2.45) is 0 Å². The number of benzene rings is 2. The third-order valence-electron chi connectivity index (χ3n) is 5.47. The molecule has 4 nitrogen and oxygen atoms in total. The molecule has 1 aliphatic rings. The minimum atomic E-state index is -0.0448. The van der Waals surface area contributed by atoms with Crippen LogP contribution in [0.1, 0.15) is 31.2 Å². The van der Waals surface area contributed by atoms with Crippen LogP contribution >= 0.6 is 0 Å². The van der Waals surface area contributed by atoms with Crippen LogP contribution in [0.15, 0.2) is 65.5 Å². The number of nitrogens with zero attached hydrogens (tertiary/aromatic N) is 2. The van der Waals surface area contributed by atoms with Crippen molar-refractivity contribution < 1.29 is 0 Å². The third kappa shape index (κ3) is 4.01. The summed E-state index contributed by atoms with van der Waals surface area (Å²) in [6.45, 7) is 4.32. The van der Waals surface area contributed by atoms with Crippen molar-refractivity contribution in [1.29, 1.82) is 0 Å². The molecule has 4 heteroatoms. The van der Waals surface area contributed by atoms with Gasteiger partial charge in [0.05, 0.1) is 10.9 Å². The van der Waals surface area contributed by atoms with Crippen LogP contribution < -0.4 is 5.56 Å². The highest BCUT2D eigenvalue weighted by molar-refractivity contribution is 5.77. The molecule has 0 saturated heterocycles. The summed E-state index contributed by atoms with van der Waals surface area (Å²) in [5.41, 5.74) is 3.51. The molecule has 1 aliphatic heterocycles. The normalized spacial score (nSPS) is 16.3. The summed E-state index contributed by atoms with van der Waals surface area (Å²) < 4.78 is 0. The zero-order valence-electron chi connectivity index (χ0n) is 15.7. The third-order valence-corrected chi connectivity index (χ3v) is 5.47. The van der Waals surface area contributed by atoms with Crippen molar-refractivity contribution in [2.45, 2.75) is 32.2 Å². The topological polar surface area (TPSA) is 49.0 Å². The summed E-state index contributed by atoms with van der Waals surface area (Å²) >= 11 is 0. The van der Waals surface area contributed by atoms with E-state index in [1.807, 2.05) is 24.3 Å². The predicted molar refractivity (Wildman–Crippen MR) is 111 cm³/mol. The molecule has 3 aromatic rings. The zero-order chi connectivity index (χ0) is 18.6. The van der Waals surface area contributed by atoms with Gasteiger partial charge in [0.15, 0.2) is 0 Å². The van der Waals surface area contributed by atoms with Gasteiger partial charge < -0.3 is 4.98 Å². The lowest BCUT2D eigenvalue weighted by atomic mass is 9.98. The van der Waals surface area contributed by atoms with E-state index in [2.05, 4.69) is 58.2 Å². The Balaban J connectivity index is 1.38. The van der Waals surface area contributed by atoms with Gasteiger partial charge >= 0.3 is 0 Å². The summed E-state index contributed by atoms with van der Waals surface area (Å²) in [6, 6.07) is 18.6. The van der Waals surface area contributed by atoms with Crippen LogP contribution in [0.3, 0.4) is 0 Å². The Morgan fingerprint density at radius 1 is 1.11 bits per heavy atom. The Bertz CT molecular complexity index is 1010. The first-order valence-corrected chi connectivity index (χ1v) is 9.67. The largest absolute Gasteiger partial charge is 0.310 e. The van der Waals surface area contributed by atoms with Crippen LogP contribution in [0.2, 0.25) is 0 Å². The first-order valence-electron chi connectivity index (χ1n) is 9.67. The number of nitrogens with one attached hydrogen (secondary N) is 1. The molecule has 27 heavy (non-hydrogen) atoms. The molecule has 138 valence electrons. The molecule has 0 spiro atoms. The molecular weight excluding hydrogens is 334 g/mol. The Morgan fingerprint density at radius 2 is 1.89 bits per heavy atom. The van der Waals surface area contributed by atoms with E-state index in [1.54, 1.807) is 0 Å². The lowest BCUT2D eigenvalue weighted by Crippen LogP contribution is -2.36. The van der Waals surface area contributed by atoms with Gasteiger partial charge in [-0.05, 0) is 43.0 Å². The zero-order valence-corrected chi connectivity index (χ0v) is 15.7. The Labute approximate surface area is 159 Å². The van der Waals surface area contributed by atoms with Gasteiger partial charge in [0.2, 0.25) is 0 Å². The lowest BCUT2D eigenvalue weighted by molar-refractivity contribution is 0.219. The number of rotatable bonds is 5. The molecule has 1 N–H and O–H groups in total. The second-order valence-electron chi connectivity index (χ2n) is 7.26. The smallest absolute Gasteiger partial charge is 0.258 e. The maximum Gasteiger partial charge on any atom is 0.258 e. The SMILES string of the molecule is CC(CCc1nc2ccccc2c(=O)[nH]1)N1CC=C(c2ccccc2)CC1. The Morgan fingerprint density at radius 3 is 2.67 bits per heavy atom. The fraction of sp³-hybridized carbons (Fsp3) is 0.304. The molecule has 0 radical (unpaired) electrons. The summed E-state index contributed by atoms with van der Waals surface area (Å²) in [4.78, 5) is 22.3. The molecule has 0 fully saturated rings. The van der Waals surface area contributed by atoms with Crippen molar-refractivity contribution >= 4 is 16.5 Å². The quantitative estimate of drug-likeness (QED) is 0.748. The summed E-state index contributed by atoms with van der Waals surface area (Å²) in [5.74, 6) is 0.781. The molecule has 1 atom stereocenters. The van der Waals surface area contributed by atoms with Crippen molar-refractivity contribution in [1.82, 2.24) is 14.9 Å². The van der Waals surface area contributed by atoms with Crippen LogP contribution in [0.25, 0.3) is 16.5 Å². The van der Waals surface area contributed by atoms with Crippen molar-refractivity contribution in [3.8, 4) is 0 Å². The highest BCUT2D eigenvalue weighted by Crippen LogP contribution is 2.23. The van der Waals surface area contributed by atoms with Crippen molar-refractivity contribution in [3.05, 3.63) is 82.4 Å². The number of aromatic nitrogens is 2. The lowest BCUT2D eigenvalue weighted by Gasteiger charge is -2.32. The molecule has 4 rings (SSSR count). The van der Waals surface area contributed by atoms with Gasteiger partial charge in [0.1, 0.15) is 5.82 Å². The van der Waals surface area contributed by atoms with Gasteiger partial charge in [0, 0.05) is 25.6 Å². The molecule has 1 aromatic heterocycles. The van der Waals surface area contributed by atoms with Crippen molar-refractivity contribution in [2.75, 3.05) is 13.1 Å². The van der Waals surface area contributed by atoms with E-state index in [-0.39, 0.29) is 5.56 Å². The monoisotopic (exact) mass is 359 g/mol. The van der Waals surface area contributed by atoms with E-state index in [0.29, 0.717) is 11.4 Å². The standard InChI is InChI=1S/C23H25N3O/c1-17(26-15-13-19(14-16-26)18-7-3-2-4-8-18)11-12-22-24-21-10-6-5-9-20(21)23(27)25-22/h2-10,13,17H,11-12,14-16H2,1H3,(H,24,25,27). The van der Waals surface area contributed by atoms with E-state index < -0.39 is 0 Å². The molecule has 0 aliphatic carbocycles. The minimum absolute atomic E-state index is 0.0448. The predicted octanol–water partition coefficient (Wildman–Crippen LogP) is 4.03. The highest BCUT2D eigenvalue weighted by Gasteiger charge is 2.18. The number of hydrogen-bond acceptors (Lipinski definition) is 3. The number of hydrogen-bond donors (Lipinski definition) is 1.